The highest BCUT2D eigenvalue weighted by atomic mass is 16.3. The van der Waals surface area contributed by atoms with Crippen LogP contribution in [-0.4, -0.2) is 19.0 Å². The Labute approximate surface area is 118 Å². The van der Waals surface area contributed by atoms with Crippen LogP contribution in [0.15, 0.2) is 41.0 Å². The number of carbonyl (C=O) groups excluding carboxylic acids is 1. The van der Waals surface area contributed by atoms with Gasteiger partial charge in [0.05, 0.1) is 6.26 Å². The lowest BCUT2D eigenvalue weighted by Crippen LogP contribution is -2.29. The molecular formula is C16H18N2O2. The predicted molar refractivity (Wildman–Crippen MR) is 78.7 cm³/mol. The second kappa shape index (κ2) is 5.41. The summed E-state index contributed by atoms with van der Waals surface area (Å²) in [6.45, 7) is 2.11. The van der Waals surface area contributed by atoms with E-state index in [4.69, 9.17) is 10.2 Å². The topological polar surface area (TPSA) is 59.5 Å². The first kappa shape index (κ1) is 12.8. The predicted octanol–water partition coefficient (Wildman–Crippen LogP) is 3.04. The van der Waals surface area contributed by atoms with Gasteiger partial charge in [-0.25, -0.2) is 0 Å². The molecule has 1 aliphatic heterocycles. The van der Waals surface area contributed by atoms with Gasteiger partial charge >= 0.3 is 0 Å². The average Bonchev–Trinajstić information content (AvgIpc) is 2.98. The van der Waals surface area contributed by atoms with Gasteiger partial charge in [0.1, 0.15) is 0 Å². The summed E-state index contributed by atoms with van der Waals surface area (Å²) in [5, 5.41) is 0. The molecule has 1 aromatic heterocycles. The van der Waals surface area contributed by atoms with E-state index in [-0.39, 0.29) is 5.76 Å². The van der Waals surface area contributed by atoms with Gasteiger partial charge in [0.15, 0.2) is 5.76 Å². The highest BCUT2D eigenvalue weighted by molar-refractivity contribution is 5.99. The maximum atomic E-state index is 11.5. The van der Waals surface area contributed by atoms with Crippen molar-refractivity contribution in [1.29, 1.82) is 0 Å². The number of nitrogens with zero attached hydrogens (tertiary/aromatic N) is 1. The van der Waals surface area contributed by atoms with Crippen molar-refractivity contribution in [1.82, 2.24) is 0 Å². The van der Waals surface area contributed by atoms with Crippen LogP contribution in [0.25, 0.3) is 11.1 Å². The van der Waals surface area contributed by atoms with E-state index in [0.29, 0.717) is 0 Å². The van der Waals surface area contributed by atoms with Crippen LogP contribution < -0.4 is 10.6 Å². The Morgan fingerprint density at radius 2 is 1.80 bits per heavy atom. The molecule has 2 aromatic rings. The molecule has 0 radical (unpaired) electrons. The van der Waals surface area contributed by atoms with Crippen molar-refractivity contribution in [2.75, 3.05) is 18.0 Å². The number of nitrogens with two attached hydrogens (primary N) is 1. The van der Waals surface area contributed by atoms with Gasteiger partial charge in [-0.3, -0.25) is 4.79 Å². The van der Waals surface area contributed by atoms with Crippen molar-refractivity contribution >= 4 is 11.6 Å². The van der Waals surface area contributed by atoms with E-state index >= 15 is 0 Å². The van der Waals surface area contributed by atoms with Gasteiger partial charge in [-0.1, -0.05) is 18.2 Å². The third kappa shape index (κ3) is 2.29. The second-order valence-electron chi connectivity index (χ2n) is 5.09. The number of primary amides is 1. The van der Waals surface area contributed by atoms with Crippen LogP contribution in [0.5, 0.6) is 0 Å². The number of benzene rings is 1. The fourth-order valence-corrected chi connectivity index (χ4v) is 2.82. The van der Waals surface area contributed by atoms with Crippen LogP contribution in [0.3, 0.4) is 0 Å². The van der Waals surface area contributed by atoms with Gasteiger partial charge < -0.3 is 15.1 Å². The summed E-state index contributed by atoms with van der Waals surface area (Å²) in [5.74, 6) is -0.298. The van der Waals surface area contributed by atoms with Gasteiger partial charge in [-0.15, -0.1) is 0 Å². The molecule has 0 bridgehead atoms. The number of amides is 1. The summed E-state index contributed by atoms with van der Waals surface area (Å²) in [5.41, 5.74) is 8.32. The van der Waals surface area contributed by atoms with Gasteiger partial charge in [0.2, 0.25) is 0 Å². The normalized spacial score (nSPS) is 15.3. The standard InChI is InChI=1S/C16H18N2O2/c17-16(19)15-13(8-11-20-15)12-6-2-3-7-14(12)18-9-4-1-5-10-18/h2-3,6-8,11H,1,4-5,9-10H2,(H2,17,19). The van der Waals surface area contributed by atoms with E-state index in [0.717, 1.165) is 29.9 Å². The second-order valence-corrected chi connectivity index (χ2v) is 5.09. The van der Waals surface area contributed by atoms with Gasteiger partial charge in [0.25, 0.3) is 5.91 Å². The number of hydrogen-bond acceptors (Lipinski definition) is 3. The fraction of sp³-hybridized carbons (Fsp3) is 0.312. The summed E-state index contributed by atoms with van der Waals surface area (Å²) in [4.78, 5) is 13.8. The summed E-state index contributed by atoms with van der Waals surface area (Å²) >= 11 is 0. The van der Waals surface area contributed by atoms with E-state index in [1.807, 2.05) is 24.3 Å². The molecule has 1 amide bonds. The van der Waals surface area contributed by atoms with Crippen LogP contribution in [0.4, 0.5) is 5.69 Å². The number of hydrogen-bond donors (Lipinski definition) is 1. The van der Waals surface area contributed by atoms with Crippen molar-refractivity contribution < 1.29 is 9.21 Å². The molecule has 20 heavy (non-hydrogen) atoms. The van der Waals surface area contributed by atoms with E-state index in [2.05, 4.69) is 11.0 Å². The van der Waals surface area contributed by atoms with Gasteiger partial charge in [-0.05, 0) is 31.4 Å². The zero-order chi connectivity index (χ0) is 13.9. The molecule has 0 saturated carbocycles. The lowest BCUT2D eigenvalue weighted by molar-refractivity contribution is 0.0975. The van der Waals surface area contributed by atoms with Crippen molar-refractivity contribution in [3.8, 4) is 11.1 Å². The van der Waals surface area contributed by atoms with Crippen molar-refractivity contribution in [2.24, 2.45) is 5.73 Å². The van der Waals surface area contributed by atoms with Crippen LogP contribution in [0, 0.1) is 0 Å². The van der Waals surface area contributed by atoms with Crippen LogP contribution in [0.1, 0.15) is 29.8 Å². The first-order chi connectivity index (χ1) is 9.77. The lowest BCUT2D eigenvalue weighted by Gasteiger charge is -2.30. The molecular weight excluding hydrogens is 252 g/mol. The van der Waals surface area contributed by atoms with Gasteiger partial charge in [-0.2, -0.15) is 0 Å². The number of anilines is 1. The lowest BCUT2D eigenvalue weighted by atomic mass is 10.0. The number of furan rings is 1. The van der Waals surface area contributed by atoms with Crippen molar-refractivity contribution in [2.45, 2.75) is 19.3 Å². The fourth-order valence-electron chi connectivity index (χ4n) is 2.82. The molecule has 1 aliphatic rings. The minimum Gasteiger partial charge on any atom is -0.459 e. The molecule has 0 atom stereocenters. The SMILES string of the molecule is NC(=O)c1occc1-c1ccccc1N1CCCCC1. The van der Waals surface area contributed by atoms with E-state index in [1.54, 1.807) is 0 Å². The molecule has 2 N–H and O–H groups in total. The highest BCUT2D eigenvalue weighted by Gasteiger charge is 2.20. The third-order valence-corrected chi connectivity index (χ3v) is 3.78. The molecule has 0 unspecified atom stereocenters. The van der Waals surface area contributed by atoms with Crippen LogP contribution in [-0.2, 0) is 0 Å². The number of piperidine rings is 1. The molecule has 4 heteroatoms. The average molecular weight is 270 g/mol. The summed E-state index contributed by atoms with van der Waals surface area (Å²) in [6, 6.07) is 9.92. The molecule has 2 heterocycles. The van der Waals surface area contributed by atoms with Crippen molar-refractivity contribution in [3.05, 3.63) is 42.4 Å². The summed E-state index contributed by atoms with van der Waals surface area (Å²) < 4.78 is 5.23. The maximum absolute atomic E-state index is 11.5. The first-order valence-electron chi connectivity index (χ1n) is 6.99. The quantitative estimate of drug-likeness (QED) is 0.932. The smallest absolute Gasteiger partial charge is 0.285 e. The Bertz CT molecular complexity index is 612. The molecule has 104 valence electrons. The summed E-state index contributed by atoms with van der Waals surface area (Å²) in [7, 11) is 0. The maximum Gasteiger partial charge on any atom is 0.285 e. The van der Waals surface area contributed by atoms with E-state index in [9.17, 15) is 4.79 Å². The minimum atomic E-state index is -0.529. The summed E-state index contributed by atoms with van der Waals surface area (Å²) in [6.07, 6.45) is 5.23. The Hall–Kier alpha value is -2.23. The van der Waals surface area contributed by atoms with Crippen LogP contribution in [0.2, 0.25) is 0 Å². The Morgan fingerprint density at radius 3 is 2.55 bits per heavy atom. The molecule has 4 nitrogen and oxygen atoms in total. The highest BCUT2D eigenvalue weighted by Crippen LogP contribution is 2.34. The largest absolute Gasteiger partial charge is 0.459 e. The minimum absolute atomic E-state index is 0.231. The molecule has 0 aliphatic carbocycles. The number of rotatable bonds is 3. The molecule has 0 spiro atoms. The molecule has 1 saturated heterocycles. The Balaban J connectivity index is 2.05. The third-order valence-electron chi connectivity index (χ3n) is 3.78. The zero-order valence-corrected chi connectivity index (χ0v) is 11.3. The zero-order valence-electron chi connectivity index (χ0n) is 11.3. The Morgan fingerprint density at radius 1 is 1.05 bits per heavy atom. The van der Waals surface area contributed by atoms with E-state index in [1.165, 1.54) is 25.5 Å². The number of carbonyl (C=O) groups is 1. The first-order valence-corrected chi connectivity index (χ1v) is 6.99. The monoisotopic (exact) mass is 270 g/mol. The van der Waals surface area contributed by atoms with Crippen molar-refractivity contribution in [3.63, 3.8) is 0 Å². The Kier molecular flexibility index (Phi) is 3.46. The van der Waals surface area contributed by atoms with Gasteiger partial charge in [0, 0.05) is 29.9 Å². The molecule has 1 fully saturated rings. The van der Waals surface area contributed by atoms with E-state index < -0.39 is 5.91 Å². The number of para-hydroxylation sites is 1. The molecule has 1 aromatic carbocycles. The van der Waals surface area contributed by atoms with Crippen LogP contribution >= 0.6 is 0 Å². The molecule has 3 rings (SSSR count).